The van der Waals surface area contributed by atoms with Crippen molar-refractivity contribution in [2.45, 2.75) is 31.1 Å². The molecule has 0 spiro atoms. The minimum Gasteiger partial charge on any atom is -0.495 e. The molecule has 9 heteroatoms. The normalized spacial score (nSPS) is 15.2. The van der Waals surface area contributed by atoms with E-state index in [1.54, 1.807) is 12.1 Å². The third-order valence-corrected chi connectivity index (χ3v) is 7.64. The van der Waals surface area contributed by atoms with E-state index in [0.29, 0.717) is 29.5 Å². The second kappa shape index (κ2) is 8.92. The quantitative estimate of drug-likeness (QED) is 0.704. The number of aryl methyl sites for hydroxylation is 1. The Labute approximate surface area is 180 Å². The van der Waals surface area contributed by atoms with Crippen molar-refractivity contribution in [1.29, 1.82) is 0 Å². The van der Waals surface area contributed by atoms with Crippen LogP contribution in [0.4, 0.5) is 5.69 Å². The molecule has 156 valence electrons. The van der Waals surface area contributed by atoms with Gasteiger partial charge in [0.15, 0.2) is 0 Å². The Bertz CT molecular complexity index is 1040. The van der Waals surface area contributed by atoms with E-state index in [1.807, 2.05) is 6.92 Å². The smallest absolute Gasteiger partial charge is 0.255 e. The van der Waals surface area contributed by atoms with E-state index < -0.39 is 15.9 Å². The molecule has 1 aliphatic rings. The second-order valence-corrected chi connectivity index (χ2v) is 9.59. The number of benzene rings is 2. The van der Waals surface area contributed by atoms with E-state index in [4.69, 9.17) is 27.9 Å². The average Bonchev–Trinajstić information content (AvgIpc) is 2.71. The number of piperidine rings is 1. The molecule has 0 aromatic heterocycles. The number of rotatable bonds is 5. The van der Waals surface area contributed by atoms with E-state index in [1.165, 1.54) is 29.6 Å². The molecule has 29 heavy (non-hydrogen) atoms. The van der Waals surface area contributed by atoms with E-state index in [0.717, 1.165) is 24.8 Å². The summed E-state index contributed by atoms with van der Waals surface area (Å²) in [6, 6.07) is 7.54. The SMILES string of the molecule is COc1cc(Cl)c(C)cc1NC(=O)c1ccc(Cl)c(S(=O)(=O)N2CCCCC2)c1. The van der Waals surface area contributed by atoms with Crippen molar-refractivity contribution in [1.82, 2.24) is 4.31 Å². The van der Waals surface area contributed by atoms with Crippen LogP contribution in [-0.4, -0.2) is 38.8 Å². The van der Waals surface area contributed by atoms with Crippen LogP contribution in [0, 0.1) is 6.92 Å². The van der Waals surface area contributed by atoms with Crippen LogP contribution >= 0.6 is 23.2 Å². The Kier molecular flexibility index (Phi) is 6.73. The molecule has 0 bridgehead atoms. The second-order valence-electron chi connectivity index (χ2n) is 6.87. The maximum Gasteiger partial charge on any atom is 0.255 e. The maximum atomic E-state index is 13.0. The van der Waals surface area contributed by atoms with Gasteiger partial charge in [0.05, 0.1) is 17.8 Å². The number of sulfonamides is 1. The Morgan fingerprint density at radius 3 is 2.41 bits per heavy atom. The van der Waals surface area contributed by atoms with Crippen molar-refractivity contribution in [2.24, 2.45) is 0 Å². The topological polar surface area (TPSA) is 75.7 Å². The lowest BCUT2D eigenvalue weighted by molar-refractivity contribution is 0.102. The van der Waals surface area contributed by atoms with Crippen molar-refractivity contribution in [3.63, 3.8) is 0 Å². The molecule has 1 heterocycles. The number of carbonyl (C=O) groups is 1. The molecular weight excluding hydrogens is 435 g/mol. The van der Waals surface area contributed by atoms with Crippen LogP contribution in [0.1, 0.15) is 35.2 Å². The van der Waals surface area contributed by atoms with Crippen LogP contribution in [-0.2, 0) is 10.0 Å². The van der Waals surface area contributed by atoms with Gasteiger partial charge in [0.25, 0.3) is 5.91 Å². The van der Waals surface area contributed by atoms with Gasteiger partial charge in [-0.2, -0.15) is 4.31 Å². The van der Waals surface area contributed by atoms with Gasteiger partial charge in [-0.05, 0) is 49.6 Å². The number of halogens is 2. The number of methoxy groups -OCH3 is 1. The molecule has 1 N–H and O–H groups in total. The summed E-state index contributed by atoms with van der Waals surface area (Å²) in [6.45, 7) is 2.72. The Morgan fingerprint density at radius 2 is 1.76 bits per heavy atom. The van der Waals surface area contributed by atoms with Crippen molar-refractivity contribution in [3.8, 4) is 5.75 Å². The van der Waals surface area contributed by atoms with Gasteiger partial charge in [0.1, 0.15) is 10.6 Å². The minimum atomic E-state index is -3.77. The zero-order valence-corrected chi connectivity index (χ0v) is 18.5. The lowest BCUT2D eigenvalue weighted by Gasteiger charge is -2.26. The third-order valence-electron chi connectivity index (χ3n) is 4.86. The number of hydrogen-bond acceptors (Lipinski definition) is 4. The summed E-state index contributed by atoms with van der Waals surface area (Å²) in [5.74, 6) is -0.0686. The fourth-order valence-electron chi connectivity index (χ4n) is 3.21. The summed E-state index contributed by atoms with van der Waals surface area (Å²) >= 11 is 12.3. The summed E-state index contributed by atoms with van der Waals surface area (Å²) in [4.78, 5) is 12.7. The van der Waals surface area contributed by atoms with Crippen LogP contribution in [0.2, 0.25) is 10.0 Å². The predicted octanol–water partition coefficient (Wildman–Crippen LogP) is 4.74. The predicted molar refractivity (Wildman–Crippen MR) is 115 cm³/mol. The van der Waals surface area contributed by atoms with Gasteiger partial charge < -0.3 is 10.1 Å². The molecule has 2 aromatic carbocycles. The zero-order valence-electron chi connectivity index (χ0n) is 16.2. The zero-order chi connectivity index (χ0) is 21.2. The first kappa shape index (κ1) is 21.9. The number of hydrogen-bond donors (Lipinski definition) is 1. The summed E-state index contributed by atoms with van der Waals surface area (Å²) in [6.07, 6.45) is 2.63. The molecule has 1 fully saturated rings. The van der Waals surface area contributed by atoms with Gasteiger partial charge in [-0.25, -0.2) is 8.42 Å². The Morgan fingerprint density at radius 1 is 1.07 bits per heavy atom. The summed E-state index contributed by atoms with van der Waals surface area (Å²) in [5, 5.41) is 3.35. The van der Waals surface area contributed by atoms with Crippen LogP contribution in [0.3, 0.4) is 0 Å². The van der Waals surface area contributed by atoms with Crippen molar-refractivity contribution in [3.05, 3.63) is 51.5 Å². The highest BCUT2D eigenvalue weighted by atomic mass is 35.5. The van der Waals surface area contributed by atoms with Crippen molar-refractivity contribution in [2.75, 3.05) is 25.5 Å². The number of nitrogens with one attached hydrogen (secondary N) is 1. The molecule has 2 aromatic rings. The van der Waals surface area contributed by atoms with E-state index in [2.05, 4.69) is 5.32 Å². The van der Waals surface area contributed by atoms with E-state index in [-0.39, 0.29) is 15.5 Å². The number of nitrogens with zero attached hydrogens (tertiary/aromatic N) is 1. The van der Waals surface area contributed by atoms with Gasteiger partial charge in [-0.3, -0.25) is 4.79 Å². The Hall–Kier alpha value is -1.80. The highest BCUT2D eigenvalue weighted by Gasteiger charge is 2.29. The van der Waals surface area contributed by atoms with Gasteiger partial charge >= 0.3 is 0 Å². The monoisotopic (exact) mass is 456 g/mol. The molecule has 0 aliphatic carbocycles. The largest absolute Gasteiger partial charge is 0.495 e. The molecule has 0 unspecified atom stereocenters. The lowest BCUT2D eigenvalue weighted by Crippen LogP contribution is -2.35. The fraction of sp³-hybridized carbons (Fsp3) is 0.350. The fourth-order valence-corrected chi connectivity index (χ4v) is 5.38. The van der Waals surface area contributed by atoms with E-state index in [9.17, 15) is 13.2 Å². The van der Waals surface area contributed by atoms with Crippen molar-refractivity contribution < 1.29 is 17.9 Å². The standard InChI is InChI=1S/C20H22Cl2N2O4S/c1-13-10-17(18(28-2)12-16(13)22)23-20(25)14-6-7-15(21)19(11-14)29(26,27)24-8-4-3-5-9-24/h6-7,10-12H,3-5,8-9H2,1-2H3,(H,23,25). The average molecular weight is 457 g/mol. The molecular formula is C20H22Cl2N2O4S. The third kappa shape index (κ3) is 4.69. The van der Waals surface area contributed by atoms with Crippen LogP contribution in [0.15, 0.2) is 35.2 Å². The summed E-state index contributed by atoms with van der Waals surface area (Å²) in [7, 11) is -2.29. The van der Waals surface area contributed by atoms with Crippen LogP contribution in [0.25, 0.3) is 0 Å². The minimum absolute atomic E-state index is 0.0621. The molecule has 1 aliphatic heterocycles. The number of carbonyl (C=O) groups excluding carboxylic acids is 1. The van der Waals surface area contributed by atoms with Gasteiger partial charge in [0, 0.05) is 29.7 Å². The molecule has 0 atom stereocenters. The first-order chi connectivity index (χ1) is 13.7. The highest BCUT2D eigenvalue weighted by Crippen LogP contribution is 2.32. The number of amides is 1. The maximum absolute atomic E-state index is 13.0. The molecule has 0 saturated carbocycles. The molecule has 1 saturated heterocycles. The molecule has 0 radical (unpaired) electrons. The number of anilines is 1. The van der Waals surface area contributed by atoms with E-state index >= 15 is 0 Å². The Balaban J connectivity index is 1.92. The highest BCUT2D eigenvalue weighted by molar-refractivity contribution is 7.89. The van der Waals surface area contributed by atoms with Crippen LogP contribution < -0.4 is 10.1 Å². The summed E-state index contributed by atoms with van der Waals surface area (Å²) < 4.78 is 32.7. The number of ether oxygens (including phenoxy) is 1. The van der Waals surface area contributed by atoms with Gasteiger partial charge in [-0.15, -0.1) is 0 Å². The van der Waals surface area contributed by atoms with Gasteiger partial charge in [0.2, 0.25) is 10.0 Å². The van der Waals surface area contributed by atoms with Crippen LogP contribution in [0.5, 0.6) is 5.75 Å². The molecule has 3 rings (SSSR count). The summed E-state index contributed by atoms with van der Waals surface area (Å²) in [5.41, 5.74) is 1.39. The lowest BCUT2D eigenvalue weighted by atomic mass is 10.1. The van der Waals surface area contributed by atoms with Gasteiger partial charge in [-0.1, -0.05) is 29.6 Å². The molecule has 6 nitrogen and oxygen atoms in total. The first-order valence-electron chi connectivity index (χ1n) is 9.19. The molecule has 1 amide bonds. The van der Waals surface area contributed by atoms with Crippen molar-refractivity contribution >= 4 is 44.8 Å². The first-order valence-corrected chi connectivity index (χ1v) is 11.4.